The van der Waals surface area contributed by atoms with Crippen molar-refractivity contribution in [3.63, 3.8) is 0 Å². The Morgan fingerprint density at radius 2 is 2.00 bits per heavy atom. The van der Waals surface area contributed by atoms with Crippen molar-refractivity contribution in [3.8, 4) is 0 Å². The van der Waals surface area contributed by atoms with Crippen LogP contribution >= 0.6 is 0 Å². The highest BCUT2D eigenvalue weighted by atomic mass is 19.1. The molecule has 1 aromatic rings. The maximum Gasteiger partial charge on any atom is 0.148 e. The number of fused-ring (bicyclic) bond motifs is 1. The molecule has 0 aliphatic carbocycles. The number of benzene rings is 1. The van der Waals surface area contributed by atoms with Gasteiger partial charge in [-0.15, -0.1) is 0 Å². The van der Waals surface area contributed by atoms with E-state index in [4.69, 9.17) is 0 Å². The van der Waals surface area contributed by atoms with Crippen molar-refractivity contribution in [3.05, 3.63) is 24.0 Å². The highest BCUT2D eigenvalue weighted by Crippen LogP contribution is 2.26. The summed E-state index contributed by atoms with van der Waals surface area (Å²) >= 11 is 0. The van der Waals surface area contributed by atoms with E-state index in [1.807, 2.05) is 6.07 Å². The van der Waals surface area contributed by atoms with Crippen LogP contribution in [0, 0.1) is 5.82 Å². The Morgan fingerprint density at radius 1 is 1.17 bits per heavy atom. The van der Waals surface area contributed by atoms with Gasteiger partial charge in [0, 0.05) is 13.1 Å². The van der Waals surface area contributed by atoms with Gasteiger partial charge >= 0.3 is 0 Å². The summed E-state index contributed by atoms with van der Waals surface area (Å²) < 4.78 is 13.1. The van der Waals surface area contributed by atoms with E-state index in [1.165, 1.54) is 6.07 Å². The Balaban J connectivity index is 2.42. The molecule has 2 rings (SSSR count). The average molecular weight is 166 g/mol. The topological polar surface area (TPSA) is 24.1 Å². The van der Waals surface area contributed by atoms with Crippen LogP contribution in [0.25, 0.3) is 0 Å². The van der Waals surface area contributed by atoms with Gasteiger partial charge in [-0.2, -0.15) is 0 Å². The number of nitrogens with one attached hydrogen (secondary N) is 2. The zero-order valence-corrected chi connectivity index (χ0v) is 6.73. The molecule has 1 heterocycles. The summed E-state index contributed by atoms with van der Waals surface area (Å²) in [5.41, 5.74) is 1.47. The van der Waals surface area contributed by atoms with Crippen LogP contribution < -0.4 is 10.6 Å². The number of hydrogen-bond donors (Lipinski definition) is 2. The van der Waals surface area contributed by atoms with Gasteiger partial charge in [0.1, 0.15) is 5.82 Å². The molecule has 0 bridgehead atoms. The first-order chi connectivity index (χ1) is 5.88. The second-order valence-corrected chi connectivity index (χ2v) is 2.87. The lowest BCUT2D eigenvalue weighted by Gasteiger charge is -2.07. The van der Waals surface area contributed by atoms with E-state index in [0.29, 0.717) is 5.69 Å². The number of anilines is 2. The third kappa shape index (κ3) is 1.22. The monoisotopic (exact) mass is 166 g/mol. The van der Waals surface area contributed by atoms with Crippen LogP contribution in [0.1, 0.15) is 6.42 Å². The van der Waals surface area contributed by atoms with Gasteiger partial charge in [-0.3, -0.25) is 0 Å². The molecule has 0 aromatic heterocycles. The van der Waals surface area contributed by atoms with Crippen molar-refractivity contribution in [2.45, 2.75) is 6.42 Å². The fraction of sp³-hybridized carbons (Fsp3) is 0.333. The van der Waals surface area contributed by atoms with E-state index in [9.17, 15) is 4.39 Å². The van der Waals surface area contributed by atoms with Crippen LogP contribution in [0.5, 0.6) is 0 Å². The lowest BCUT2D eigenvalue weighted by molar-refractivity contribution is 0.631. The average Bonchev–Trinajstić information content (AvgIpc) is 2.30. The Kier molecular flexibility index (Phi) is 1.86. The van der Waals surface area contributed by atoms with Crippen molar-refractivity contribution in [2.24, 2.45) is 0 Å². The first kappa shape index (κ1) is 7.40. The molecule has 64 valence electrons. The zero-order chi connectivity index (χ0) is 8.39. The van der Waals surface area contributed by atoms with Crippen molar-refractivity contribution in [1.82, 2.24) is 0 Å². The summed E-state index contributed by atoms with van der Waals surface area (Å²) in [5.74, 6) is -0.179. The smallest absolute Gasteiger partial charge is 0.148 e. The van der Waals surface area contributed by atoms with Gasteiger partial charge in [-0.1, -0.05) is 6.07 Å². The van der Waals surface area contributed by atoms with Crippen LogP contribution in [0.15, 0.2) is 18.2 Å². The van der Waals surface area contributed by atoms with Gasteiger partial charge in [0.15, 0.2) is 0 Å². The molecular formula is C9H11FN2. The summed E-state index contributed by atoms with van der Waals surface area (Å²) in [6, 6.07) is 5.07. The maximum atomic E-state index is 13.1. The van der Waals surface area contributed by atoms with Crippen molar-refractivity contribution >= 4 is 11.4 Å². The Bertz CT molecular complexity index is 286. The Labute approximate surface area is 70.8 Å². The quantitative estimate of drug-likeness (QED) is 0.616. The summed E-state index contributed by atoms with van der Waals surface area (Å²) in [7, 11) is 0. The van der Waals surface area contributed by atoms with Gasteiger partial charge in [0.25, 0.3) is 0 Å². The lowest BCUT2D eigenvalue weighted by Crippen LogP contribution is -2.01. The van der Waals surface area contributed by atoms with Gasteiger partial charge in [-0.05, 0) is 18.6 Å². The summed E-state index contributed by atoms with van der Waals surface area (Å²) in [6.45, 7) is 1.74. The third-order valence-corrected chi connectivity index (χ3v) is 1.98. The van der Waals surface area contributed by atoms with Crippen LogP contribution in [-0.2, 0) is 0 Å². The minimum Gasteiger partial charge on any atom is -0.383 e. The number of rotatable bonds is 0. The standard InChI is InChI=1S/C9H11FN2/c10-7-3-1-4-8-9(7)12-6-2-5-11-8/h1,3-4,11-12H,2,5-6H2. The van der Waals surface area contributed by atoms with E-state index in [-0.39, 0.29) is 5.82 Å². The molecule has 2 N–H and O–H groups in total. The summed E-state index contributed by atoms with van der Waals surface area (Å²) in [6.07, 6.45) is 1.02. The minimum absolute atomic E-state index is 0.179. The third-order valence-electron chi connectivity index (χ3n) is 1.98. The maximum absolute atomic E-state index is 13.1. The zero-order valence-electron chi connectivity index (χ0n) is 6.73. The van der Waals surface area contributed by atoms with E-state index in [1.54, 1.807) is 6.07 Å². The fourth-order valence-electron chi connectivity index (χ4n) is 1.38. The minimum atomic E-state index is -0.179. The molecule has 0 amide bonds. The highest BCUT2D eigenvalue weighted by Gasteiger charge is 2.09. The molecule has 0 radical (unpaired) electrons. The van der Waals surface area contributed by atoms with E-state index < -0.39 is 0 Å². The molecule has 0 saturated carbocycles. The number of hydrogen-bond acceptors (Lipinski definition) is 2. The largest absolute Gasteiger partial charge is 0.383 e. The molecular weight excluding hydrogens is 155 g/mol. The Hall–Kier alpha value is -1.25. The number of para-hydroxylation sites is 1. The normalized spacial score (nSPS) is 15.4. The van der Waals surface area contributed by atoms with Crippen LogP contribution in [0.4, 0.5) is 15.8 Å². The van der Waals surface area contributed by atoms with E-state index in [0.717, 1.165) is 25.2 Å². The predicted molar refractivity (Wildman–Crippen MR) is 48.0 cm³/mol. The fourth-order valence-corrected chi connectivity index (χ4v) is 1.38. The summed E-state index contributed by atoms with van der Waals surface area (Å²) in [4.78, 5) is 0. The molecule has 1 aromatic carbocycles. The second kappa shape index (κ2) is 3.01. The van der Waals surface area contributed by atoms with Crippen LogP contribution in [0.2, 0.25) is 0 Å². The molecule has 0 fully saturated rings. The summed E-state index contributed by atoms with van der Waals surface area (Å²) in [5, 5.41) is 6.22. The molecule has 3 heteroatoms. The SMILES string of the molecule is Fc1cccc2c1NCCCN2. The van der Waals surface area contributed by atoms with E-state index >= 15 is 0 Å². The highest BCUT2D eigenvalue weighted by molar-refractivity contribution is 5.69. The first-order valence-electron chi connectivity index (χ1n) is 4.14. The van der Waals surface area contributed by atoms with Crippen molar-refractivity contribution in [2.75, 3.05) is 23.7 Å². The molecule has 1 aliphatic rings. The lowest BCUT2D eigenvalue weighted by atomic mass is 10.2. The molecule has 1 aliphatic heterocycles. The van der Waals surface area contributed by atoms with Crippen molar-refractivity contribution < 1.29 is 4.39 Å². The molecule has 12 heavy (non-hydrogen) atoms. The van der Waals surface area contributed by atoms with Gasteiger partial charge in [0.2, 0.25) is 0 Å². The second-order valence-electron chi connectivity index (χ2n) is 2.87. The van der Waals surface area contributed by atoms with Crippen LogP contribution in [-0.4, -0.2) is 13.1 Å². The Morgan fingerprint density at radius 3 is 2.92 bits per heavy atom. The molecule has 0 saturated heterocycles. The van der Waals surface area contributed by atoms with Crippen LogP contribution in [0.3, 0.4) is 0 Å². The molecule has 2 nitrogen and oxygen atoms in total. The van der Waals surface area contributed by atoms with Gasteiger partial charge < -0.3 is 10.6 Å². The van der Waals surface area contributed by atoms with Crippen molar-refractivity contribution in [1.29, 1.82) is 0 Å². The number of halogens is 1. The van der Waals surface area contributed by atoms with E-state index in [2.05, 4.69) is 10.6 Å². The van der Waals surface area contributed by atoms with Gasteiger partial charge in [0.05, 0.1) is 11.4 Å². The molecule has 0 atom stereocenters. The first-order valence-corrected chi connectivity index (χ1v) is 4.14. The van der Waals surface area contributed by atoms with Gasteiger partial charge in [-0.25, -0.2) is 4.39 Å². The predicted octanol–water partition coefficient (Wildman–Crippen LogP) is 2.05. The molecule has 0 spiro atoms. The molecule has 0 unspecified atom stereocenters.